The van der Waals surface area contributed by atoms with Crippen molar-refractivity contribution >= 4 is 34.8 Å². The fourth-order valence-electron chi connectivity index (χ4n) is 2.73. The third-order valence-corrected chi connectivity index (χ3v) is 4.36. The minimum atomic E-state index is -0.331. The molecule has 0 saturated carbocycles. The molecule has 1 N–H and O–H groups in total. The Labute approximate surface area is 162 Å². The molecule has 0 fully saturated rings. The number of halogens is 2. The van der Waals surface area contributed by atoms with Crippen molar-refractivity contribution in [1.29, 1.82) is 0 Å². The summed E-state index contributed by atoms with van der Waals surface area (Å²) in [5.41, 5.74) is 1.62. The van der Waals surface area contributed by atoms with E-state index in [0.29, 0.717) is 33.8 Å². The van der Waals surface area contributed by atoms with Crippen molar-refractivity contribution in [3.63, 3.8) is 0 Å². The number of benzene rings is 2. The third kappa shape index (κ3) is 4.34. The molecule has 1 heterocycles. The molecule has 0 saturated heterocycles. The van der Waals surface area contributed by atoms with Crippen molar-refractivity contribution in [2.75, 3.05) is 18.5 Å². The number of anilines is 1. The predicted octanol–water partition coefficient (Wildman–Crippen LogP) is 4.73. The van der Waals surface area contributed by atoms with Gasteiger partial charge in [0.2, 0.25) is 0 Å². The zero-order valence-electron chi connectivity index (χ0n) is 14.5. The molecule has 0 spiro atoms. The Balaban J connectivity index is 1.69. The quantitative estimate of drug-likeness (QED) is 0.767. The number of carbonyl (C=O) groups excluding carboxylic acids is 1. The standard InChI is InChI=1S/C19H19Cl2NO4/c1-3-24-18-7-12-6-11(2)26-17(12)9-15(18)22-19(23)10-25-16-5-4-13(20)8-14(16)21/h4-5,7-9,11H,3,6,10H2,1-2H3,(H,22,23)/t11-/m1/s1. The molecule has 1 aliphatic rings. The summed E-state index contributed by atoms with van der Waals surface area (Å²) in [5.74, 6) is 1.44. The molecule has 26 heavy (non-hydrogen) atoms. The molecule has 0 unspecified atom stereocenters. The molecule has 138 valence electrons. The van der Waals surface area contributed by atoms with E-state index in [1.807, 2.05) is 19.9 Å². The Kier molecular flexibility index (Phi) is 5.79. The summed E-state index contributed by atoms with van der Waals surface area (Å²) in [6.07, 6.45) is 0.933. The smallest absolute Gasteiger partial charge is 0.262 e. The lowest BCUT2D eigenvalue weighted by molar-refractivity contribution is -0.118. The number of fused-ring (bicyclic) bond motifs is 1. The van der Waals surface area contributed by atoms with E-state index < -0.39 is 0 Å². The van der Waals surface area contributed by atoms with Gasteiger partial charge < -0.3 is 19.5 Å². The van der Waals surface area contributed by atoms with Gasteiger partial charge in [0.25, 0.3) is 5.91 Å². The van der Waals surface area contributed by atoms with Crippen LogP contribution in [0, 0.1) is 0 Å². The molecule has 2 aromatic rings. The van der Waals surface area contributed by atoms with Crippen molar-refractivity contribution in [2.45, 2.75) is 26.4 Å². The van der Waals surface area contributed by atoms with E-state index in [4.69, 9.17) is 37.4 Å². The summed E-state index contributed by atoms with van der Waals surface area (Å²) >= 11 is 11.9. The molecular formula is C19H19Cl2NO4. The SMILES string of the molecule is CCOc1cc2c(cc1NC(=O)COc1ccc(Cl)cc1Cl)O[C@H](C)C2. The van der Waals surface area contributed by atoms with Gasteiger partial charge in [-0.15, -0.1) is 0 Å². The first-order valence-electron chi connectivity index (χ1n) is 8.30. The van der Waals surface area contributed by atoms with E-state index in [1.165, 1.54) is 0 Å². The van der Waals surface area contributed by atoms with Crippen molar-refractivity contribution in [1.82, 2.24) is 0 Å². The molecule has 3 rings (SSSR count). The number of carbonyl (C=O) groups is 1. The van der Waals surface area contributed by atoms with Gasteiger partial charge in [0.15, 0.2) is 6.61 Å². The first kappa shape index (κ1) is 18.7. The van der Waals surface area contributed by atoms with E-state index in [-0.39, 0.29) is 18.6 Å². The summed E-state index contributed by atoms with van der Waals surface area (Å²) in [6.45, 7) is 4.20. The Morgan fingerprint density at radius 2 is 2.04 bits per heavy atom. The van der Waals surface area contributed by atoms with Crippen LogP contribution in [-0.2, 0) is 11.2 Å². The molecule has 1 atom stereocenters. The molecule has 0 bridgehead atoms. The Morgan fingerprint density at radius 1 is 1.23 bits per heavy atom. The monoisotopic (exact) mass is 395 g/mol. The van der Waals surface area contributed by atoms with E-state index in [2.05, 4.69) is 5.32 Å². The molecule has 0 radical (unpaired) electrons. The van der Waals surface area contributed by atoms with Crippen molar-refractivity contribution in [3.05, 3.63) is 45.9 Å². The van der Waals surface area contributed by atoms with Gasteiger partial charge in [-0.1, -0.05) is 23.2 Å². The van der Waals surface area contributed by atoms with Crippen LogP contribution in [-0.4, -0.2) is 25.2 Å². The second-order valence-corrected chi connectivity index (χ2v) is 6.78. The molecule has 1 amide bonds. The second-order valence-electron chi connectivity index (χ2n) is 5.93. The summed E-state index contributed by atoms with van der Waals surface area (Å²) in [5, 5.41) is 3.65. The van der Waals surface area contributed by atoms with E-state index >= 15 is 0 Å². The third-order valence-electron chi connectivity index (χ3n) is 3.82. The Bertz CT molecular complexity index is 825. The van der Waals surface area contributed by atoms with E-state index in [9.17, 15) is 4.79 Å². The van der Waals surface area contributed by atoms with Crippen molar-refractivity contribution < 1.29 is 19.0 Å². The van der Waals surface area contributed by atoms with Gasteiger partial charge in [0.05, 0.1) is 17.3 Å². The number of amides is 1. The topological polar surface area (TPSA) is 56.8 Å². The fraction of sp³-hybridized carbons (Fsp3) is 0.316. The summed E-state index contributed by atoms with van der Waals surface area (Å²) in [6, 6.07) is 8.52. The number of rotatable bonds is 6. The van der Waals surface area contributed by atoms with E-state index in [0.717, 1.165) is 17.7 Å². The van der Waals surface area contributed by atoms with Crippen molar-refractivity contribution in [3.8, 4) is 17.2 Å². The normalized spacial score (nSPS) is 15.2. The molecule has 5 nitrogen and oxygen atoms in total. The van der Waals surface area contributed by atoms with Crippen LogP contribution in [0.25, 0.3) is 0 Å². The van der Waals surface area contributed by atoms with Gasteiger partial charge in [-0.3, -0.25) is 4.79 Å². The number of hydrogen-bond acceptors (Lipinski definition) is 4. The maximum Gasteiger partial charge on any atom is 0.262 e. The highest BCUT2D eigenvalue weighted by Crippen LogP contribution is 2.38. The van der Waals surface area contributed by atoms with Crippen LogP contribution in [0.5, 0.6) is 17.2 Å². The lowest BCUT2D eigenvalue weighted by atomic mass is 10.1. The van der Waals surface area contributed by atoms with Crippen LogP contribution in [0.2, 0.25) is 10.0 Å². The average Bonchev–Trinajstić information content (AvgIpc) is 2.93. The molecule has 1 aliphatic heterocycles. The minimum absolute atomic E-state index is 0.112. The molecule has 2 aromatic carbocycles. The van der Waals surface area contributed by atoms with Crippen LogP contribution < -0.4 is 19.5 Å². The van der Waals surface area contributed by atoms with Crippen LogP contribution in [0.4, 0.5) is 5.69 Å². The van der Waals surface area contributed by atoms with Gasteiger partial charge in [-0.25, -0.2) is 0 Å². The van der Waals surface area contributed by atoms with Crippen LogP contribution in [0.3, 0.4) is 0 Å². The average molecular weight is 396 g/mol. The second kappa shape index (κ2) is 8.06. The van der Waals surface area contributed by atoms with Gasteiger partial charge in [0, 0.05) is 23.1 Å². The van der Waals surface area contributed by atoms with Crippen molar-refractivity contribution in [2.24, 2.45) is 0 Å². The zero-order valence-corrected chi connectivity index (χ0v) is 16.0. The van der Waals surface area contributed by atoms with E-state index in [1.54, 1.807) is 24.3 Å². The largest absolute Gasteiger partial charge is 0.492 e. The highest BCUT2D eigenvalue weighted by Gasteiger charge is 2.22. The number of ether oxygens (including phenoxy) is 3. The number of nitrogens with one attached hydrogen (secondary N) is 1. The summed E-state index contributed by atoms with van der Waals surface area (Å²) < 4.78 is 16.9. The fourth-order valence-corrected chi connectivity index (χ4v) is 3.20. The zero-order chi connectivity index (χ0) is 18.7. The first-order valence-corrected chi connectivity index (χ1v) is 9.06. The molecular weight excluding hydrogens is 377 g/mol. The van der Waals surface area contributed by atoms with Crippen LogP contribution in [0.15, 0.2) is 30.3 Å². The van der Waals surface area contributed by atoms with Crippen LogP contribution >= 0.6 is 23.2 Å². The lowest BCUT2D eigenvalue weighted by Gasteiger charge is -2.14. The van der Waals surface area contributed by atoms with Gasteiger partial charge in [-0.2, -0.15) is 0 Å². The van der Waals surface area contributed by atoms with Crippen LogP contribution in [0.1, 0.15) is 19.4 Å². The predicted molar refractivity (Wildman–Crippen MR) is 102 cm³/mol. The Morgan fingerprint density at radius 3 is 2.77 bits per heavy atom. The maximum atomic E-state index is 12.3. The lowest BCUT2D eigenvalue weighted by Crippen LogP contribution is -2.20. The highest BCUT2D eigenvalue weighted by atomic mass is 35.5. The van der Waals surface area contributed by atoms with Gasteiger partial charge in [-0.05, 0) is 38.1 Å². The minimum Gasteiger partial charge on any atom is -0.492 e. The summed E-state index contributed by atoms with van der Waals surface area (Å²) in [7, 11) is 0. The number of hydrogen-bond donors (Lipinski definition) is 1. The molecule has 0 aromatic heterocycles. The summed E-state index contributed by atoms with van der Waals surface area (Å²) in [4.78, 5) is 12.3. The maximum absolute atomic E-state index is 12.3. The Hall–Kier alpha value is -2.11. The first-order chi connectivity index (χ1) is 12.5. The molecule has 0 aliphatic carbocycles. The van der Waals surface area contributed by atoms with Gasteiger partial charge >= 0.3 is 0 Å². The highest BCUT2D eigenvalue weighted by molar-refractivity contribution is 6.35. The molecule has 7 heteroatoms. The van der Waals surface area contributed by atoms with Gasteiger partial charge in [0.1, 0.15) is 23.4 Å².